The molecule has 0 aliphatic heterocycles. The maximum absolute atomic E-state index is 4.50. The van der Waals surface area contributed by atoms with E-state index in [1.807, 2.05) is 6.20 Å². The molecular formula is C15H23BrN2. The highest BCUT2D eigenvalue weighted by Gasteiger charge is 2.27. The maximum atomic E-state index is 4.50. The molecule has 0 aromatic carbocycles. The van der Waals surface area contributed by atoms with Gasteiger partial charge in [0.1, 0.15) is 0 Å². The summed E-state index contributed by atoms with van der Waals surface area (Å²) < 4.78 is 1.07. The summed E-state index contributed by atoms with van der Waals surface area (Å²) in [5.74, 6) is 1.64. The summed E-state index contributed by atoms with van der Waals surface area (Å²) in [5.41, 5.74) is 1.24. The second kappa shape index (κ2) is 6.67. The fraction of sp³-hybridized carbons (Fsp3) is 0.667. The minimum atomic E-state index is 0.594. The summed E-state index contributed by atoms with van der Waals surface area (Å²) in [6.07, 6.45) is 7.16. The summed E-state index contributed by atoms with van der Waals surface area (Å²) in [7, 11) is 0. The molecule has 2 nitrogen and oxygen atoms in total. The van der Waals surface area contributed by atoms with Crippen LogP contribution in [-0.4, -0.2) is 17.6 Å². The monoisotopic (exact) mass is 310 g/mol. The lowest BCUT2D eigenvalue weighted by Gasteiger charge is -2.21. The van der Waals surface area contributed by atoms with E-state index >= 15 is 0 Å². The Hall–Kier alpha value is -0.410. The Morgan fingerprint density at radius 1 is 1.33 bits per heavy atom. The maximum Gasteiger partial charge on any atom is 0.0413 e. The molecule has 0 saturated heterocycles. The Morgan fingerprint density at radius 3 is 2.78 bits per heavy atom. The Kier molecular flexibility index (Phi) is 5.19. The first-order valence-electron chi connectivity index (χ1n) is 6.99. The van der Waals surface area contributed by atoms with Crippen LogP contribution in [0.15, 0.2) is 22.8 Å². The average Bonchev–Trinajstić information content (AvgIpc) is 2.77. The first-order valence-corrected chi connectivity index (χ1v) is 7.78. The standard InChI is InChI=1S/C15H23BrN2/c1-11(2)17-9-13-5-3-4-12(13)8-15-7-6-14(16)10-18-15/h6-7,10-13,17H,3-5,8-9H2,1-2H3. The van der Waals surface area contributed by atoms with Gasteiger partial charge in [-0.05, 0) is 65.7 Å². The number of hydrogen-bond donors (Lipinski definition) is 1. The van der Waals surface area contributed by atoms with Crippen molar-refractivity contribution < 1.29 is 0 Å². The summed E-state index contributed by atoms with van der Waals surface area (Å²) >= 11 is 3.44. The van der Waals surface area contributed by atoms with Gasteiger partial charge in [-0.2, -0.15) is 0 Å². The van der Waals surface area contributed by atoms with E-state index in [0.717, 1.165) is 22.7 Å². The molecule has 1 heterocycles. The van der Waals surface area contributed by atoms with Gasteiger partial charge in [-0.1, -0.05) is 20.3 Å². The van der Waals surface area contributed by atoms with Crippen LogP contribution < -0.4 is 5.32 Å². The third-order valence-electron chi connectivity index (χ3n) is 3.86. The first-order chi connectivity index (χ1) is 8.65. The van der Waals surface area contributed by atoms with Gasteiger partial charge in [-0.25, -0.2) is 0 Å². The SMILES string of the molecule is CC(C)NCC1CCCC1Cc1ccc(Br)cn1. The van der Waals surface area contributed by atoms with Crippen molar-refractivity contribution in [3.05, 3.63) is 28.5 Å². The molecule has 0 radical (unpaired) electrons. The molecule has 1 N–H and O–H groups in total. The topological polar surface area (TPSA) is 24.9 Å². The molecule has 2 atom stereocenters. The Balaban J connectivity index is 1.89. The Morgan fingerprint density at radius 2 is 2.11 bits per heavy atom. The molecule has 2 unspecified atom stereocenters. The fourth-order valence-corrected chi connectivity index (χ4v) is 3.07. The molecule has 1 fully saturated rings. The van der Waals surface area contributed by atoms with E-state index in [0.29, 0.717) is 6.04 Å². The molecule has 1 aliphatic carbocycles. The van der Waals surface area contributed by atoms with Crippen molar-refractivity contribution in [2.45, 2.75) is 45.6 Å². The van der Waals surface area contributed by atoms with Crippen LogP contribution in [-0.2, 0) is 6.42 Å². The number of hydrogen-bond acceptors (Lipinski definition) is 2. The van der Waals surface area contributed by atoms with Gasteiger partial charge < -0.3 is 5.32 Å². The van der Waals surface area contributed by atoms with E-state index in [-0.39, 0.29) is 0 Å². The van der Waals surface area contributed by atoms with E-state index in [9.17, 15) is 0 Å². The predicted molar refractivity (Wildman–Crippen MR) is 79.6 cm³/mol. The molecule has 0 bridgehead atoms. The number of rotatable bonds is 5. The highest BCUT2D eigenvalue weighted by molar-refractivity contribution is 9.10. The van der Waals surface area contributed by atoms with E-state index in [1.54, 1.807) is 0 Å². The number of pyridine rings is 1. The van der Waals surface area contributed by atoms with Crippen molar-refractivity contribution >= 4 is 15.9 Å². The lowest BCUT2D eigenvalue weighted by molar-refractivity contribution is 0.352. The minimum absolute atomic E-state index is 0.594. The molecule has 1 aliphatic rings. The largest absolute Gasteiger partial charge is 0.314 e. The van der Waals surface area contributed by atoms with Crippen molar-refractivity contribution in [2.75, 3.05) is 6.54 Å². The number of halogens is 1. The zero-order chi connectivity index (χ0) is 13.0. The molecule has 0 amide bonds. The summed E-state index contributed by atoms with van der Waals surface area (Å²) in [6, 6.07) is 4.84. The van der Waals surface area contributed by atoms with Gasteiger partial charge in [0.15, 0.2) is 0 Å². The van der Waals surface area contributed by atoms with E-state index in [1.165, 1.54) is 31.5 Å². The second-order valence-electron chi connectivity index (χ2n) is 5.69. The molecule has 2 rings (SSSR count). The van der Waals surface area contributed by atoms with Crippen molar-refractivity contribution in [3.63, 3.8) is 0 Å². The van der Waals surface area contributed by atoms with E-state index < -0.39 is 0 Å². The quantitative estimate of drug-likeness (QED) is 0.894. The Bertz CT molecular complexity index is 361. The van der Waals surface area contributed by atoms with Gasteiger partial charge >= 0.3 is 0 Å². The highest BCUT2D eigenvalue weighted by Crippen LogP contribution is 2.33. The van der Waals surface area contributed by atoms with Crippen LogP contribution in [0.3, 0.4) is 0 Å². The van der Waals surface area contributed by atoms with Gasteiger partial charge in [0, 0.05) is 22.4 Å². The van der Waals surface area contributed by atoms with Crippen LogP contribution in [0.5, 0.6) is 0 Å². The lowest BCUT2D eigenvalue weighted by Crippen LogP contribution is -2.31. The van der Waals surface area contributed by atoms with Crippen LogP contribution in [0.1, 0.15) is 38.8 Å². The summed E-state index contributed by atoms with van der Waals surface area (Å²) in [4.78, 5) is 4.50. The summed E-state index contributed by atoms with van der Waals surface area (Å²) in [5, 5.41) is 3.58. The van der Waals surface area contributed by atoms with Gasteiger partial charge in [0.25, 0.3) is 0 Å². The minimum Gasteiger partial charge on any atom is -0.314 e. The molecular weight excluding hydrogens is 288 g/mol. The third kappa shape index (κ3) is 4.06. The average molecular weight is 311 g/mol. The molecule has 100 valence electrons. The number of aromatic nitrogens is 1. The summed E-state index contributed by atoms with van der Waals surface area (Å²) in [6.45, 7) is 5.61. The molecule has 18 heavy (non-hydrogen) atoms. The van der Waals surface area contributed by atoms with Gasteiger partial charge in [0.2, 0.25) is 0 Å². The molecule has 3 heteroatoms. The van der Waals surface area contributed by atoms with Gasteiger partial charge in [-0.3, -0.25) is 4.98 Å². The van der Waals surface area contributed by atoms with E-state index in [4.69, 9.17) is 0 Å². The normalized spacial score (nSPS) is 23.8. The fourth-order valence-electron chi connectivity index (χ4n) is 2.83. The Labute approximate surface area is 119 Å². The van der Waals surface area contributed by atoms with Crippen molar-refractivity contribution in [1.82, 2.24) is 10.3 Å². The molecule has 1 aromatic rings. The van der Waals surface area contributed by atoms with Crippen LogP contribution in [0.2, 0.25) is 0 Å². The second-order valence-corrected chi connectivity index (χ2v) is 6.60. The van der Waals surface area contributed by atoms with Crippen LogP contribution in [0.4, 0.5) is 0 Å². The zero-order valence-corrected chi connectivity index (χ0v) is 12.9. The van der Waals surface area contributed by atoms with Crippen LogP contribution in [0, 0.1) is 11.8 Å². The van der Waals surface area contributed by atoms with Crippen molar-refractivity contribution in [1.29, 1.82) is 0 Å². The van der Waals surface area contributed by atoms with Crippen molar-refractivity contribution in [3.8, 4) is 0 Å². The van der Waals surface area contributed by atoms with Crippen LogP contribution >= 0.6 is 15.9 Å². The first kappa shape index (κ1) is 14.0. The van der Waals surface area contributed by atoms with Crippen LogP contribution in [0.25, 0.3) is 0 Å². The smallest absolute Gasteiger partial charge is 0.0413 e. The number of nitrogens with zero attached hydrogens (tertiary/aromatic N) is 1. The molecule has 1 aromatic heterocycles. The molecule has 0 spiro atoms. The third-order valence-corrected chi connectivity index (χ3v) is 4.33. The van der Waals surface area contributed by atoms with Gasteiger partial charge in [0.05, 0.1) is 0 Å². The number of nitrogens with one attached hydrogen (secondary N) is 1. The van der Waals surface area contributed by atoms with E-state index in [2.05, 4.69) is 52.2 Å². The predicted octanol–water partition coefficient (Wildman–Crippen LogP) is 3.80. The van der Waals surface area contributed by atoms with Crippen molar-refractivity contribution in [2.24, 2.45) is 11.8 Å². The highest BCUT2D eigenvalue weighted by atomic mass is 79.9. The lowest BCUT2D eigenvalue weighted by atomic mass is 9.91. The zero-order valence-electron chi connectivity index (χ0n) is 11.3. The van der Waals surface area contributed by atoms with Gasteiger partial charge in [-0.15, -0.1) is 0 Å². The molecule has 1 saturated carbocycles.